The Kier molecular flexibility index (Phi) is 4.05. The van der Waals surface area contributed by atoms with Crippen LogP contribution in [0.3, 0.4) is 0 Å². The van der Waals surface area contributed by atoms with Crippen molar-refractivity contribution < 1.29 is 14.3 Å². The fraction of sp³-hybridized carbons (Fsp3) is 0. The number of carboxylic acid groups (broad SMARTS) is 1. The lowest BCUT2D eigenvalue weighted by atomic mass is 10.2. The largest absolute Gasteiger partial charge is 0.478 e. The highest BCUT2D eigenvalue weighted by Gasteiger charge is 2.17. The summed E-state index contributed by atoms with van der Waals surface area (Å²) >= 11 is 5.52. The van der Waals surface area contributed by atoms with Crippen LogP contribution >= 0.6 is 11.6 Å². The summed E-state index contributed by atoms with van der Waals surface area (Å²) in [6, 6.07) is 2.19. The average molecular weight is 274 g/mol. The summed E-state index contributed by atoms with van der Waals surface area (Å²) in [5, 5.41) is 8.58. The zero-order valence-electron chi connectivity index (χ0n) is 8.89. The van der Waals surface area contributed by atoms with Crippen molar-refractivity contribution in [1.29, 1.82) is 0 Å². The molecule has 0 aromatic heterocycles. The minimum Gasteiger partial charge on any atom is -0.478 e. The third kappa shape index (κ3) is 3.08. The predicted molar refractivity (Wildman–Crippen MR) is 65.5 cm³/mol. The standard InChI is InChI=1S/C9H9ClFN5O2/c10-4-2-1-3(7(17)18)6(5(4)11)15-9(14)16-8(12)13/h1-2H,(H,17,18)(H6,12,13,14,15,16). The first-order chi connectivity index (χ1) is 8.32. The molecule has 0 saturated carbocycles. The van der Waals surface area contributed by atoms with Gasteiger partial charge in [-0.05, 0) is 12.1 Å². The van der Waals surface area contributed by atoms with Gasteiger partial charge in [-0.3, -0.25) is 0 Å². The molecule has 0 saturated heterocycles. The maximum absolute atomic E-state index is 13.7. The first kappa shape index (κ1) is 13.7. The van der Waals surface area contributed by atoms with E-state index in [0.29, 0.717) is 0 Å². The lowest BCUT2D eigenvalue weighted by Gasteiger charge is -2.04. The minimum atomic E-state index is -1.39. The molecule has 1 aromatic rings. The Labute approximate surface area is 106 Å². The molecule has 7 N–H and O–H groups in total. The number of guanidine groups is 2. The van der Waals surface area contributed by atoms with Gasteiger partial charge in [-0.25, -0.2) is 14.2 Å². The Morgan fingerprint density at radius 2 is 1.94 bits per heavy atom. The zero-order chi connectivity index (χ0) is 13.9. The molecule has 18 heavy (non-hydrogen) atoms. The van der Waals surface area contributed by atoms with Crippen LogP contribution in [0.15, 0.2) is 22.1 Å². The van der Waals surface area contributed by atoms with Gasteiger partial charge in [0.25, 0.3) is 0 Å². The molecular weight excluding hydrogens is 265 g/mol. The molecular formula is C9H9ClFN5O2. The van der Waals surface area contributed by atoms with Gasteiger partial charge in [-0.2, -0.15) is 4.99 Å². The molecule has 0 heterocycles. The molecule has 7 nitrogen and oxygen atoms in total. The summed E-state index contributed by atoms with van der Waals surface area (Å²) in [7, 11) is 0. The number of hydrogen-bond acceptors (Lipinski definition) is 2. The smallest absolute Gasteiger partial charge is 0.338 e. The third-order valence-corrected chi connectivity index (χ3v) is 2.06. The van der Waals surface area contributed by atoms with Crippen LogP contribution in [0.25, 0.3) is 0 Å². The fourth-order valence-corrected chi connectivity index (χ4v) is 1.25. The number of carbonyl (C=O) groups is 1. The van der Waals surface area contributed by atoms with E-state index in [4.69, 9.17) is 33.9 Å². The second kappa shape index (κ2) is 5.32. The van der Waals surface area contributed by atoms with Gasteiger partial charge in [0.1, 0.15) is 5.69 Å². The number of hydrogen-bond donors (Lipinski definition) is 4. The van der Waals surface area contributed by atoms with Crippen molar-refractivity contribution in [2.75, 3.05) is 0 Å². The number of nitrogens with zero attached hydrogens (tertiary/aromatic N) is 2. The Balaban J connectivity index is 3.43. The van der Waals surface area contributed by atoms with Gasteiger partial charge < -0.3 is 22.3 Å². The van der Waals surface area contributed by atoms with E-state index in [0.717, 1.165) is 12.1 Å². The van der Waals surface area contributed by atoms with E-state index >= 15 is 0 Å². The fourth-order valence-electron chi connectivity index (χ4n) is 1.09. The van der Waals surface area contributed by atoms with E-state index in [1.165, 1.54) is 0 Å². The summed E-state index contributed by atoms with van der Waals surface area (Å²) in [5.74, 6) is -3.29. The molecule has 0 unspecified atom stereocenters. The molecule has 0 aliphatic rings. The molecule has 0 aliphatic heterocycles. The molecule has 9 heteroatoms. The number of halogens is 2. The van der Waals surface area contributed by atoms with Crippen molar-refractivity contribution in [3.05, 3.63) is 28.5 Å². The van der Waals surface area contributed by atoms with Gasteiger partial charge in [-0.15, -0.1) is 0 Å². The molecule has 96 valence electrons. The molecule has 0 radical (unpaired) electrons. The molecule has 0 bridgehead atoms. The maximum Gasteiger partial charge on any atom is 0.338 e. The van der Waals surface area contributed by atoms with Crippen molar-refractivity contribution in [1.82, 2.24) is 0 Å². The number of aliphatic imine (C=N–C) groups is 2. The number of carboxylic acids is 1. The van der Waals surface area contributed by atoms with Gasteiger partial charge in [0.05, 0.1) is 10.6 Å². The van der Waals surface area contributed by atoms with Crippen LogP contribution in [0.1, 0.15) is 10.4 Å². The highest BCUT2D eigenvalue weighted by molar-refractivity contribution is 6.31. The van der Waals surface area contributed by atoms with E-state index in [1.807, 2.05) is 0 Å². The SMILES string of the molecule is NC(N)=NC(N)=Nc1c(C(=O)O)ccc(Cl)c1F. The van der Waals surface area contributed by atoms with E-state index in [9.17, 15) is 9.18 Å². The molecule has 0 aliphatic carbocycles. The molecule has 0 amide bonds. The molecule has 0 atom stereocenters. The van der Waals surface area contributed by atoms with Crippen molar-refractivity contribution >= 4 is 35.2 Å². The normalized spacial score (nSPS) is 11.1. The number of nitrogens with two attached hydrogens (primary N) is 3. The summed E-state index contributed by atoms with van der Waals surface area (Å²) in [5.41, 5.74) is 14.4. The van der Waals surface area contributed by atoms with Crippen molar-refractivity contribution in [2.24, 2.45) is 27.2 Å². The number of aromatic carboxylic acids is 1. The average Bonchev–Trinajstić information content (AvgIpc) is 2.23. The van der Waals surface area contributed by atoms with Crippen LogP contribution in [-0.2, 0) is 0 Å². The van der Waals surface area contributed by atoms with Gasteiger partial charge in [-0.1, -0.05) is 11.6 Å². The van der Waals surface area contributed by atoms with Crippen LogP contribution in [0, 0.1) is 5.82 Å². The Hall–Kier alpha value is -2.35. The van der Waals surface area contributed by atoms with Gasteiger partial charge in [0.2, 0.25) is 5.96 Å². The van der Waals surface area contributed by atoms with Crippen molar-refractivity contribution in [2.45, 2.75) is 0 Å². The first-order valence-corrected chi connectivity index (χ1v) is 4.85. The quantitative estimate of drug-likeness (QED) is 0.456. The Morgan fingerprint density at radius 1 is 1.33 bits per heavy atom. The summed E-state index contributed by atoms with van der Waals surface area (Å²) in [6.07, 6.45) is 0. The van der Waals surface area contributed by atoms with E-state index in [2.05, 4.69) is 9.98 Å². The lowest BCUT2D eigenvalue weighted by Crippen LogP contribution is -2.26. The third-order valence-electron chi connectivity index (χ3n) is 1.77. The highest BCUT2D eigenvalue weighted by atomic mass is 35.5. The maximum atomic E-state index is 13.7. The van der Waals surface area contributed by atoms with Crippen LogP contribution in [0.2, 0.25) is 5.02 Å². The lowest BCUT2D eigenvalue weighted by molar-refractivity contribution is 0.0697. The molecule has 1 rings (SSSR count). The van der Waals surface area contributed by atoms with Gasteiger partial charge in [0.15, 0.2) is 11.8 Å². The van der Waals surface area contributed by atoms with Gasteiger partial charge >= 0.3 is 5.97 Å². The Morgan fingerprint density at radius 3 is 2.44 bits per heavy atom. The predicted octanol–water partition coefficient (Wildman–Crippen LogP) is 0.397. The summed E-state index contributed by atoms with van der Waals surface area (Å²) in [4.78, 5) is 17.7. The Bertz CT molecular complexity index is 554. The summed E-state index contributed by atoms with van der Waals surface area (Å²) < 4.78 is 13.7. The monoisotopic (exact) mass is 273 g/mol. The molecule has 1 aromatic carbocycles. The number of benzene rings is 1. The molecule has 0 spiro atoms. The minimum absolute atomic E-state index is 0.295. The van der Waals surface area contributed by atoms with Crippen molar-refractivity contribution in [3.8, 4) is 0 Å². The van der Waals surface area contributed by atoms with Gasteiger partial charge in [0, 0.05) is 0 Å². The highest BCUT2D eigenvalue weighted by Crippen LogP contribution is 2.29. The van der Waals surface area contributed by atoms with Crippen LogP contribution < -0.4 is 17.2 Å². The molecule has 0 fully saturated rings. The van der Waals surface area contributed by atoms with E-state index in [1.54, 1.807) is 0 Å². The summed E-state index contributed by atoms with van der Waals surface area (Å²) in [6.45, 7) is 0. The topological polar surface area (TPSA) is 140 Å². The van der Waals surface area contributed by atoms with Crippen molar-refractivity contribution in [3.63, 3.8) is 0 Å². The van der Waals surface area contributed by atoms with Crippen LogP contribution in [0.5, 0.6) is 0 Å². The van der Waals surface area contributed by atoms with E-state index in [-0.39, 0.29) is 5.02 Å². The van der Waals surface area contributed by atoms with Crippen LogP contribution in [0.4, 0.5) is 10.1 Å². The zero-order valence-corrected chi connectivity index (χ0v) is 9.65. The van der Waals surface area contributed by atoms with Crippen LogP contribution in [-0.4, -0.2) is 23.0 Å². The first-order valence-electron chi connectivity index (χ1n) is 4.48. The second-order valence-electron chi connectivity index (χ2n) is 3.07. The van der Waals surface area contributed by atoms with E-state index < -0.39 is 35.0 Å². The second-order valence-corrected chi connectivity index (χ2v) is 3.48. The number of rotatable bonds is 2.